The zero-order valence-corrected chi connectivity index (χ0v) is 11.3. The highest BCUT2D eigenvalue weighted by Gasteiger charge is 2.12. The molecule has 0 aromatic heterocycles. The van der Waals surface area contributed by atoms with Gasteiger partial charge in [0.25, 0.3) is 0 Å². The zero-order valence-electron chi connectivity index (χ0n) is 11.3. The van der Waals surface area contributed by atoms with Crippen LogP contribution in [0, 0.1) is 0 Å². The summed E-state index contributed by atoms with van der Waals surface area (Å²) in [5.74, 6) is 1.65. The third-order valence-corrected chi connectivity index (χ3v) is 3.47. The molecule has 0 saturated carbocycles. The molecule has 3 rings (SSSR count). The van der Waals surface area contributed by atoms with E-state index < -0.39 is 0 Å². The molecule has 0 spiro atoms. The highest BCUT2D eigenvalue weighted by molar-refractivity contribution is 5.54. The van der Waals surface area contributed by atoms with Gasteiger partial charge in [0.2, 0.25) is 0 Å². The molecule has 0 saturated heterocycles. The minimum Gasteiger partial charge on any atom is -0.504 e. The van der Waals surface area contributed by atoms with Crippen LogP contribution in [0.1, 0.15) is 11.1 Å². The monoisotopic (exact) mass is 271 g/mol. The Hall–Kier alpha value is -2.36. The number of hydrogen-bond donors (Lipinski definition) is 2. The molecule has 0 aliphatic carbocycles. The molecule has 0 unspecified atom stereocenters. The highest BCUT2D eigenvalue weighted by atomic mass is 16.5. The van der Waals surface area contributed by atoms with E-state index in [4.69, 9.17) is 9.47 Å². The molecule has 104 valence electrons. The maximum Gasteiger partial charge on any atom is 0.162 e. The van der Waals surface area contributed by atoms with E-state index in [9.17, 15) is 5.11 Å². The Bertz CT molecular complexity index is 625. The molecule has 0 amide bonds. The fraction of sp³-hybridized carbons (Fsp3) is 0.250. The standard InChI is InChI=1S/C16H17NO3/c1-19-15-4-2-3-12(16(15)18)10-17-13-5-6-14-11(9-13)7-8-20-14/h2-6,9,17-18H,7-8,10H2,1H3. The Morgan fingerprint density at radius 3 is 3.05 bits per heavy atom. The third-order valence-electron chi connectivity index (χ3n) is 3.47. The Morgan fingerprint density at radius 1 is 1.30 bits per heavy atom. The maximum absolute atomic E-state index is 10.0. The van der Waals surface area contributed by atoms with Crippen molar-refractivity contribution in [3.05, 3.63) is 47.5 Å². The van der Waals surface area contributed by atoms with E-state index in [0.29, 0.717) is 12.3 Å². The first-order valence-electron chi connectivity index (χ1n) is 6.62. The van der Waals surface area contributed by atoms with Gasteiger partial charge < -0.3 is 19.9 Å². The minimum absolute atomic E-state index is 0.187. The lowest BCUT2D eigenvalue weighted by molar-refractivity contribution is 0.357. The fourth-order valence-electron chi connectivity index (χ4n) is 2.37. The summed E-state index contributed by atoms with van der Waals surface area (Å²) < 4.78 is 10.6. The molecule has 1 aliphatic heterocycles. The first-order valence-corrected chi connectivity index (χ1v) is 6.62. The van der Waals surface area contributed by atoms with Crippen molar-refractivity contribution in [2.75, 3.05) is 19.0 Å². The Balaban J connectivity index is 1.73. The third kappa shape index (κ3) is 2.37. The van der Waals surface area contributed by atoms with Crippen LogP contribution in [0.2, 0.25) is 0 Å². The minimum atomic E-state index is 0.187. The van der Waals surface area contributed by atoms with E-state index in [2.05, 4.69) is 11.4 Å². The van der Waals surface area contributed by atoms with Crippen LogP contribution in [0.4, 0.5) is 5.69 Å². The van der Waals surface area contributed by atoms with E-state index in [1.54, 1.807) is 13.2 Å². The van der Waals surface area contributed by atoms with E-state index in [-0.39, 0.29) is 5.75 Å². The van der Waals surface area contributed by atoms with Crippen LogP contribution in [0.5, 0.6) is 17.2 Å². The number of anilines is 1. The quantitative estimate of drug-likeness (QED) is 0.897. The summed E-state index contributed by atoms with van der Waals surface area (Å²) >= 11 is 0. The summed E-state index contributed by atoms with van der Waals surface area (Å²) in [7, 11) is 1.55. The largest absolute Gasteiger partial charge is 0.504 e. The molecule has 4 heteroatoms. The number of phenolic OH excluding ortho intramolecular Hbond substituents is 1. The summed E-state index contributed by atoms with van der Waals surface area (Å²) in [6.45, 7) is 1.30. The van der Waals surface area contributed by atoms with Crippen molar-refractivity contribution in [3.8, 4) is 17.2 Å². The molecular weight excluding hydrogens is 254 g/mol. The number of methoxy groups -OCH3 is 1. The van der Waals surface area contributed by atoms with Crippen molar-refractivity contribution >= 4 is 5.69 Å². The summed E-state index contributed by atoms with van der Waals surface area (Å²) in [5.41, 5.74) is 3.06. The predicted octanol–water partition coefficient (Wildman–Crippen LogP) is 2.95. The van der Waals surface area contributed by atoms with Gasteiger partial charge in [0.1, 0.15) is 5.75 Å². The van der Waals surface area contributed by atoms with Gasteiger partial charge >= 0.3 is 0 Å². The number of para-hydroxylation sites is 1. The van der Waals surface area contributed by atoms with Gasteiger partial charge in [-0.25, -0.2) is 0 Å². The molecule has 1 aliphatic rings. The van der Waals surface area contributed by atoms with Crippen LogP contribution in [0.25, 0.3) is 0 Å². The van der Waals surface area contributed by atoms with E-state index in [1.165, 1.54) is 5.56 Å². The van der Waals surface area contributed by atoms with Gasteiger partial charge in [-0.05, 0) is 29.8 Å². The number of hydrogen-bond acceptors (Lipinski definition) is 4. The van der Waals surface area contributed by atoms with Crippen molar-refractivity contribution in [3.63, 3.8) is 0 Å². The Kier molecular flexibility index (Phi) is 3.37. The second-order valence-electron chi connectivity index (χ2n) is 4.74. The maximum atomic E-state index is 10.0. The average Bonchev–Trinajstić information content (AvgIpc) is 2.93. The predicted molar refractivity (Wildman–Crippen MR) is 77.6 cm³/mol. The van der Waals surface area contributed by atoms with Crippen molar-refractivity contribution in [1.29, 1.82) is 0 Å². The van der Waals surface area contributed by atoms with Gasteiger partial charge in [-0.3, -0.25) is 0 Å². The lowest BCUT2D eigenvalue weighted by Gasteiger charge is -2.11. The summed E-state index contributed by atoms with van der Waals surface area (Å²) in [6.07, 6.45) is 0.954. The molecular formula is C16H17NO3. The number of nitrogens with one attached hydrogen (secondary N) is 1. The normalized spacial score (nSPS) is 12.7. The van der Waals surface area contributed by atoms with Crippen LogP contribution in [-0.4, -0.2) is 18.8 Å². The molecule has 4 nitrogen and oxygen atoms in total. The summed E-state index contributed by atoms with van der Waals surface area (Å²) in [5, 5.41) is 13.3. The van der Waals surface area contributed by atoms with Crippen LogP contribution < -0.4 is 14.8 Å². The van der Waals surface area contributed by atoms with Gasteiger partial charge in [-0.2, -0.15) is 0 Å². The molecule has 0 fully saturated rings. The molecule has 2 aromatic carbocycles. The van der Waals surface area contributed by atoms with Crippen LogP contribution in [-0.2, 0) is 13.0 Å². The van der Waals surface area contributed by atoms with Crippen molar-refractivity contribution in [2.45, 2.75) is 13.0 Å². The number of fused-ring (bicyclic) bond motifs is 1. The summed E-state index contributed by atoms with van der Waals surface area (Å²) in [4.78, 5) is 0. The molecule has 0 atom stereocenters. The average molecular weight is 271 g/mol. The molecule has 2 N–H and O–H groups in total. The second kappa shape index (κ2) is 5.33. The van der Waals surface area contributed by atoms with E-state index in [1.807, 2.05) is 24.3 Å². The number of benzene rings is 2. The number of rotatable bonds is 4. The van der Waals surface area contributed by atoms with Crippen molar-refractivity contribution < 1.29 is 14.6 Å². The number of aromatic hydroxyl groups is 1. The summed E-state index contributed by atoms with van der Waals surface area (Å²) in [6, 6.07) is 11.6. The Morgan fingerprint density at radius 2 is 2.20 bits per heavy atom. The van der Waals surface area contributed by atoms with Crippen LogP contribution >= 0.6 is 0 Å². The SMILES string of the molecule is COc1cccc(CNc2ccc3c(c2)CCO3)c1O. The zero-order chi connectivity index (χ0) is 13.9. The van der Waals surface area contributed by atoms with Gasteiger partial charge in [-0.15, -0.1) is 0 Å². The van der Waals surface area contributed by atoms with E-state index >= 15 is 0 Å². The number of ether oxygens (including phenoxy) is 2. The fourth-order valence-corrected chi connectivity index (χ4v) is 2.37. The molecule has 20 heavy (non-hydrogen) atoms. The molecule has 2 aromatic rings. The topological polar surface area (TPSA) is 50.7 Å². The number of phenols is 1. The lowest BCUT2D eigenvalue weighted by Crippen LogP contribution is -2.00. The molecule has 0 bridgehead atoms. The highest BCUT2D eigenvalue weighted by Crippen LogP contribution is 2.31. The van der Waals surface area contributed by atoms with Gasteiger partial charge in [-0.1, -0.05) is 12.1 Å². The van der Waals surface area contributed by atoms with Gasteiger partial charge in [0, 0.05) is 24.2 Å². The van der Waals surface area contributed by atoms with Gasteiger partial charge in [0.05, 0.1) is 13.7 Å². The second-order valence-corrected chi connectivity index (χ2v) is 4.74. The van der Waals surface area contributed by atoms with Crippen molar-refractivity contribution in [1.82, 2.24) is 0 Å². The smallest absolute Gasteiger partial charge is 0.162 e. The molecule has 1 heterocycles. The van der Waals surface area contributed by atoms with Gasteiger partial charge in [0.15, 0.2) is 11.5 Å². The Labute approximate surface area is 118 Å². The first-order chi connectivity index (χ1) is 9.78. The van der Waals surface area contributed by atoms with Crippen LogP contribution in [0.3, 0.4) is 0 Å². The first kappa shape index (κ1) is 12.7. The lowest BCUT2D eigenvalue weighted by atomic mass is 10.1. The van der Waals surface area contributed by atoms with Crippen molar-refractivity contribution in [2.24, 2.45) is 0 Å². The van der Waals surface area contributed by atoms with E-state index in [0.717, 1.165) is 30.0 Å². The molecule has 0 radical (unpaired) electrons. The van der Waals surface area contributed by atoms with Crippen LogP contribution in [0.15, 0.2) is 36.4 Å².